The molecule has 1 aliphatic carbocycles. The lowest BCUT2D eigenvalue weighted by Gasteiger charge is -2.37. The summed E-state index contributed by atoms with van der Waals surface area (Å²) in [7, 11) is 0. The van der Waals surface area contributed by atoms with Crippen LogP contribution in [0.25, 0.3) is 0 Å². The van der Waals surface area contributed by atoms with Crippen molar-refractivity contribution in [2.45, 2.75) is 58.5 Å². The van der Waals surface area contributed by atoms with E-state index in [9.17, 15) is 5.11 Å². The summed E-state index contributed by atoms with van der Waals surface area (Å²) in [5.41, 5.74) is 3.41. The first kappa shape index (κ1) is 14.5. The van der Waals surface area contributed by atoms with Gasteiger partial charge in [0.2, 0.25) is 0 Å². The van der Waals surface area contributed by atoms with E-state index in [2.05, 4.69) is 33.4 Å². The smallest absolute Gasteiger partial charge is 0.127 e. The molecule has 114 valence electrons. The highest BCUT2D eigenvalue weighted by molar-refractivity contribution is 5.54. The average molecular weight is 286 g/mol. The molecular formula is C19H26O2. The topological polar surface area (TPSA) is 29.5 Å². The Bertz CT molecular complexity index is 561. The summed E-state index contributed by atoms with van der Waals surface area (Å²) in [6, 6.07) is 4.07. The van der Waals surface area contributed by atoms with Crippen LogP contribution in [0.1, 0.15) is 57.1 Å². The molecule has 2 nitrogen and oxygen atoms in total. The predicted molar refractivity (Wildman–Crippen MR) is 86.0 cm³/mol. The van der Waals surface area contributed by atoms with Gasteiger partial charge in [0.05, 0.1) is 0 Å². The third-order valence-electron chi connectivity index (χ3n) is 5.23. The Morgan fingerprint density at radius 2 is 2.14 bits per heavy atom. The third kappa shape index (κ3) is 2.35. The maximum Gasteiger partial charge on any atom is 0.127 e. The van der Waals surface area contributed by atoms with Crippen LogP contribution >= 0.6 is 0 Å². The zero-order valence-electron chi connectivity index (χ0n) is 13.4. The molecule has 1 heterocycles. The van der Waals surface area contributed by atoms with Crippen LogP contribution in [-0.4, -0.2) is 11.2 Å². The summed E-state index contributed by atoms with van der Waals surface area (Å²) in [5, 5.41) is 10.6. The Hall–Kier alpha value is -1.44. The van der Waals surface area contributed by atoms with Gasteiger partial charge in [0, 0.05) is 11.5 Å². The van der Waals surface area contributed by atoms with Gasteiger partial charge in [0.1, 0.15) is 17.6 Å². The van der Waals surface area contributed by atoms with Crippen molar-refractivity contribution in [2.24, 2.45) is 11.8 Å². The van der Waals surface area contributed by atoms with Crippen LogP contribution in [0.4, 0.5) is 0 Å². The van der Waals surface area contributed by atoms with Crippen molar-refractivity contribution < 1.29 is 9.84 Å². The lowest BCUT2D eigenvalue weighted by Crippen LogP contribution is -2.36. The minimum atomic E-state index is 0.193. The molecule has 1 aromatic carbocycles. The van der Waals surface area contributed by atoms with E-state index in [4.69, 9.17) is 4.74 Å². The summed E-state index contributed by atoms with van der Waals surface area (Å²) in [4.78, 5) is 0. The van der Waals surface area contributed by atoms with E-state index >= 15 is 0 Å². The number of allylic oxidation sites excluding steroid dienone is 1. The summed E-state index contributed by atoms with van der Waals surface area (Å²) < 4.78 is 6.27. The molecule has 0 aromatic heterocycles. The highest BCUT2D eigenvalue weighted by Gasteiger charge is 2.47. The van der Waals surface area contributed by atoms with Crippen LogP contribution < -0.4 is 4.74 Å². The molecule has 2 heteroatoms. The van der Waals surface area contributed by atoms with Gasteiger partial charge in [-0.25, -0.2) is 0 Å². The fourth-order valence-corrected chi connectivity index (χ4v) is 4.16. The van der Waals surface area contributed by atoms with Gasteiger partial charge in [-0.05, 0) is 55.7 Å². The predicted octanol–water partition coefficient (Wildman–Crippen LogP) is 4.81. The van der Waals surface area contributed by atoms with E-state index < -0.39 is 0 Å². The Labute approximate surface area is 127 Å². The van der Waals surface area contributed by atoms with E-state index in [-0.39, 0.29) is 12.0 Å². The highest BCUT2D eigenvalue weighted by Crippen LogP contribution is 2.55. The number of phenols is 1. The first-order valence-electron chi connectivity index (χ1n) is 8.20. The number of aromatic hydroxyl groups is 1. The van der Waals surface area contributed by atoms with Gasteiger partial charge in [-0.2, -0.15) is 0 Å². The monoisotopic (exact) mass is 286 g/mol. The minimum absolute atomic E-state index is 0.193. The SMILES string of the molecule is C=C(C)[C@@H]1CC[C@@H](C)[C@H]2Oc3cc(CCC)cc(O)c3[C@H]21. The van der Waals surface area contributed by atoms with E-state index in [0.29, 0.717) is 17.6 Å². The molecule has 1 N–H and O–H groups in total. The molecule has 2 aliphatic rings. The third-order valence-corrected chi connectivity index (χ3v) is 5.23. The first-order chi connectivity index (χ1) is 10.0. The molecule has 21 heavy (non-hydrogen) atoms. The molecule has 0 saturated heterocycles. The Balaban J connectivity index is 2.05. The summed E-state index contributed by atoms with van der Waals surface area (Å²) in [5.74, 6) is 2.57. The molecule has 1 saturated carbocycles. The number of benzene rings is 1. The van der Waals surface area contributed by atoms with Gasteiger partial charge in [0.25, 0.3) is 0 Å². The minimum Gasteiger partial charge on any atom is -0.508 e. The van der Waals surface area contributed by atoms with E-state index in [1.807, 2.05) is 6.07 Å². The Kier molecular flexibility index (Phi) is 3.73. The van der Waals surface area contributed by atoms with Gasteiger partial charge >= 0.3 is 0 Å². The quantitative estimate of drug-likeness (QED) is 0.808. The molecule has 0 radical (unpaired) electrons. The van der Waals surface area contributed by atoms with Crippen LogP contribution in [0.5, 0.6) is 11.5 Å². The largest absolute Gasteiger partial charge is 0.508 e. The lowest BCUT2D eigenvalue weighted by atomic mass is 9.68. The number of rotatable bonds is 3. The van der Waals surface area contributed by atoms with E-state index in [1.54, 1.807) is 0 Å². The second-order valence-corrected chi connectivity index (χ2v) is 6.89. The number of fused-ring (bicyclic) bond motifs is 3. The fourth-order valence-electron chi connectivity index (χ4n) is 4.16. The molecule has 3 rings (SSSR count). The highest BCUT2D eigenvalue weighted by atomic mass is 16.5. The molecule has 0 amide bonds. The molecule has 1 aromatic rings. The second kappa shape index (κ2) is 5.40. The molecule has 0 spiro atoms. The normalized spacial score (nSPS) is 30.4. The van der Waals surface area contributed by atoms with Crippen LogP contribution in [0.2, 0.25) is 0 Å². The van der Waals surface area contributed by atoms with Gasteiger partial charge in [0.15, 0.2) is 0 Å². The zero-order chi connectivity index (χ0) is 15.1. The fraction of sp³-hybridized carbons (Fsp3) is 0.579. The van der Waals surface area contributed by atoms with Gasteiger partial charge in [-0.1, -0.05) is 32.4 Å². The van der Waals surface area contributed by atoms with Gasteiger partial charge < -0.3 is 9.84 Å². The standard InChI is InChI=1S/C19H26O2/c1-5-6-13-9-15(20)18-16(10-13)21-19-12(4)7-8-14(11(2)3)17(18)19/h9-10,12,14,17,19-20H,2,5-8H2,1,3-4H3/t12-,14+,17-,19-/m1/s1. The second-order valence-electron chi connectivity index (χ2n) is 6.89. The number of phenolic OH excluding ortho intramolecular Hbond substituents is 1. The first-order valence-corrected chi connectivity index (χ1v) is 8.20. The molecular weight excluding hydrogens is 260 g/mol. The zero-order valence-corrected chi connectivity index (χ0v) is 13.4. The van der Waals surface area contributed by atoms with Crippen LogP contribution in [-0.2, 0) is 6.42 Å². The van der Waals surface area contributed by atoms with Crippen molar-refractivity contribution in [3.63, 3.8) is 0 Å². The van der Waals surface area contributed by atoms with Crippen molar-refractivity contribution in [3.05, 3.63) is 35.4 Å². The molecule has 4 atom stereocenters. The van der Waals surface area contributed by atoms with E-state index in [0.717, 1.165) is 30.6 Å². The summed E-state index contributed by atoms with van der Waals surface area (Å²) in [6.45, 7) is 10.7. The molecule has 0 unspecified atom stereocenters. The van der Waals surface area contributed by atoms with Gasteiger partial charge in [-0.15, -0.1) is 0 Å². The number of ether oxygens (including phenoxy) is 1. The van der Waals surface area contributed by atoms with E-state index in [1.165, 1.54) is 17.6 Å². The van der Waals surface area contributed by atoms with Crippen molar-refractivity contribution in [2.75, 3.05) is 0 Å². The summed E-state index contributed by atoms with van der Waals surface area (Å²) in [6.07, 6.45) is 4.58. The van der Waals surface area contributed by atoms with Gasteiger partial charge in [-0.3, -0.25) is 0 Å². The number of hydrogen-bond donors (Lipinski definition) is 1. The van der Waals surface area contributed by atoms with Crippen molar-refractivity contribution >= 4 is 0 Å². The van der Waals surface area contributed by atoms with Crippen LogP contribution in [0.15, 0.2) is 24.3 Å². The number of hydrogen-bond acceptors (Lipinski definition) is 2. The number of aryl methyl sites for hydroxylation is 1. The maximum atomic E-state index is 10.6. The molecule has 1 fully saturated rings. The van der Waals surface area contributed by atoms with Crippen molar-refractivity contribution in [1.82, 2.24) is 0 Å². The average Bonchev–Trinajstić information content (AvgIpc) is 2.79. The summed E-state index contributed by atoms with van der Waals surface area (Å²) >= 11 is 0. The van der Waals surface area contributed by atoms with Crippen molar-refractivity contribution in [1.29, 1.82) is 0 Å². The Morgan fingerprint density at radius 3 is 2.81 bits per heavy atom. The molecule has 0 bridgehead atoms. The maximum absolute atomic E-state index is 10.6. The van der Waals surface area contributed by atoms with Crippen LogP contribution in [0.3, 0.4) is 0 Å². The van der Waals surface area contributed by atoms with Crippen molar-refractivity contribution in [3.8, 4) is 11.5 Å². The van der Waals surface area contributed by atoms with Crippen LogP contribution in [0, 0.1) is 11.8 Å². The lowest BCUT2D eigenvalue weighted by molar-refractivity contribution is 0.0864. The molecule has 1 aliphatic heterocycles. The Morgan fingerprint density at radius 1 is 1.38 bits per heavy atom.